The molecule has 0 aliphatic carbocycles. The SMILES string of the molecule is CC(C)C(Br)C(=O)N1CCC2C(CCCN2C)C1. The number of fused-ring (bicyclic) bond motifs is 1. The lowest BCUT2D eigenvalue weighted by Gasteiger charge is -2.46. The first-order valence-electron chi connectivity index (χ1n) is 7.13. The van der Waals surface area contributed by atoms with E-state index in [-0.39, 0.29) is 10.7 Å². The van der Waals surface area contributed by atoms with Gasteiger partial charge in [0.25, 0.3) is 0 Å². The molecule has 2 aliphatic heterocycles. The van der Waals surface area contributed by atoms with Crippen molar-refractivity contribution in [1.29, 1.82) is 0 Å². The predicted octanol–water partition coefficient (Wildman–Crippen LogP) is 2.35. The Kier molecular flexibility index (Phi) is 4.70. The van der Waals surface area contributed by atoms with Crippen molar-refractivity contribution in [2.45, 2.75) is 44.0 Å². The summed E-state index contributed by atoms with van der Waals surface area (Å²) in [5, 5.41) is 0. The number of carbonyl (C=O) groups is 1. The molecule has 0 saturated carbocycles. The van der Waals surface area contributed by atoms with Gasteiger partial charge in [-0.1, -0.05) is 29.8 Å². The molecule has 2 heterocycles. The minimum Gasteiger partial charge on any atom is -0.341 e. The number of rotatable bonds is 2. The molecule has 4 heteroatoms. The first kappa shape index (κ1) is 14.3. The van der Waals surface area contributed by atoms with Crippen molar-refractivity contribution >= 4 is 21.8 Å². The topological polar surface area (TPSA) is 23.6 Å². The standard InChI is InChI=1S/C14H25BrN2O/c1-10(2)13(15)14(18)17-8-6-12-11(9-17)5-4-7-16(12)3/h10-13H,4-9H2,1-3H3. The van der Waals surface area contributed by atoms with Crippen LogP contribution in [0, 0.1) is 11.8 Å². The highest BCUT2D eigenvalue weighted by molar-refractivity contribution is 9.10. The molecule has 2 fully saturated rings. The third kappa shape index (κ3) is 2.90. The molecular weight excluding hydrogens is 292 g/mol. The van der Waals surface area contributed by atoms with Crippen LogP contribution in [0.4, 0.5) is 0 Å². The normalized spacial score (nSPS) is 31.3. The van der Waals surface area contributed by atoms with Gasteiger partial charge in [0.05, 0.1) is 4.83 Å². The monoisotopic (exact) mass is 316 g/mol. The number of amides is 1. The van der Waals surface area contributed by atoms with Crippen molar-refractivity contribution in [3.8, 4) is 0 Å². The van der Waals surface area contributed by atoms with Crippen molar-refractivity contribution in [1.82, 2.24) is 9.80 Å². The smallest absolute Gasteiger partial charge is 0.236 e. The highest BCUT2D eigenvalue weighted by Gasteiger charge is 2.37. The zero-order valence-electron chi connectivity index (χ0n) is 11.7. The molecule has 2 saturated heterocycles. The molecule has 0 spiro atoms. The third-order valence-electron chi connectivity index (χ3n) is 4.48. The molecule has 104 valence electrons. The summed E-state index contributed by atoms with van der Waals surface area (Å²) in [6.45, 7) is 7.31. The van der Waals surface area contributed by atoms with E-state index in [1.807, 2.05) is 0 Å². The number of alkyl halides is 1. The summed E-state index contributed by atoms with van der Waals surface area (Å²) in [7, 11) is 2.23. The summed E-state index contributed by atoms with van der Waals surface area (Å²) in [6.07, 6.45) is 3.71. The lowest BCUT2D eigenvalue weighted by Crippen LogP contribution is -2.55. The fraction of sp³-hybridized carbons (Fsp3) is 0.929. The lowest BCUT2D eigenvalue weighted by molar-refractivity contribution is -0.134. The van der Waals surface area contributed by atoms with Gasteiger partial charge in [-0.2, -0.15) is 0 Å². The number of hydrogen-bond donors (Lipinski definition) is 0. The molecule has 2 rings (SSSR count). The Hall–Kier alpha value is -0.0900. The first-order valence-corrected chi connectivity index (χ1v) is 8.05. The molecule has 3 unspecified atom stereocenters. The Morgan fingerprint density at radius 2 is 2.00 bits per heavy atom. The second-order valence-corrected chi connectivity index (χ2v) is 7.16. The van der Waals surface area contributed by atoms with Crippen LogP contribution in [-0.4, -0.2) is 53.3 Å². The summed E-state index contributed by atoms with van der Waals surface area (Å²) in [5.74, 6) is 1.34. The van der Waals surface area contributed by atoms with Gasteiger partial charge in [-0.3, -0.25) is 4.79 Å². The first-order chi connectivity index (χ1) is 8.50. The molecule has 0 bridgehead atoms. The summed E-state index contributed by atoms with van der Waals surface area (Å²) >= 11 is 3.54. The number of likely N-dealkylation sites (tertiary alicyclic amines) is 2. The lowest BCUT2D eigenvalue weighted by atomic mass is 9.84. The average molecular weight is 317 g/mol. The minimum absolute atomic E-state index is 0.0182. The fourth-order valence-electron chi connectivity index (χ4n) is 3.31. The quantitative estimate of drug-likeness (QED) is 0.730. The molecule has 2 aliphatic rings. The molecule has 0 N–H and O–H groups in total. The van der Waals surface area contributed by atoms with Crippen molar-refractivity contribution in [2.75, 3.05) is 26.7 Å². The molecule has 0 aromatic heterocycles. The average Bonchev–Trinajstić information content (AvgIpc) is 2.36. The molecule has 3 nitrogen and oxygen atoms in total. The Morgan fingerprint density at radius 1 is 1.28 bits per heavy atom. The van der Waals surface area contributed by atoms with Crippen molar-refractivity contribution < 1.29 is 4.79 Å². The highest BCUT2D eigenvalue weighted by Crippen LogP contribution is 2.30. The Balaban J connectivity index is 1.96. The number of hydrogen-bond acceptors (Lipinski definition) is 2. The summed E-state index contributed by atoms with van der Waals surface area (Å²) in [5.41, 5.74) is 0. The van der Waals surface area contributed by atoms with E-state index in [2.05, 4.69) is 46.6 Å². The van der Waals surface area contributed by atoms with Gasteiger partial charge in [-0.15, -0.1) is 0 Å². The van der Waals surface area contributed by atoms with E-state index >= 15 is 0 Å². The molecule has 0 aromatic rings. The molecular formula is C14H25BrN2O. The minimum atomic E-state index is -0.0182. The van der Waals surface area contributed by atoms with Crippen LogP contribution in [0.5, 0.6) is 0 Å². The number of nitrogens with zero attached hydrogens (tertiary/aromatic N) is 2. The molecule has 0 aromatic carbocycles. The highest BCUT2D eigenvalue weighted by atomic mass is 79.9. The van der Waals surface area contributed by atoms with Gasteiger partial charge >= 0.3 is 0 Å². The number of piperidine rings is 2. The molecule has 0 radical (unpaired) electrons. The second kappa shape index (κ2) is 5.91. The fourth-order valence-corrected chi connectivity index (χ4v) is 3.60. The van der Waals surface area contributed by atoms with Crippen LogP contribution >= 0.6 is 15.9 Å². The van der Waals surface area contributed by atoms with Crippen LogP contribution in [0.1, 0.15) is 33.1 Å². The van der Waals surface area contributed by atoms with Crippen LogP contribution in [0.2, 0.25) is 0 Å². The van der Waals surface area contributed by atoms with E-state index in [9.17, 15) is 4.79 Å². The summed E-state index contributed by atoms with van der Waals surface area (Å²) in [6, 6.07) is 0.704. The van der Waals surface area contributed by atoms with Crippen molar-refractivity contribution in [3.05, 3.63) is 0 Å². The van der Waals surface area contributed by atoms with Crippen LogP contribution in [-0.2, 0) is 4.79 Å². The maximum atomic E-state index is 12.4. The van der Waals surface area contributed by atoms with Gasteiger partial charge in [0, 0.05) is 19.1 Å². The third-order valence-corrected chi connectivity index (χ3v) is 5.93. The Labute approximate surface area is 119 Å². The van der Waals surface area contributed by atoms with Crippen LogP contribution in [0.15, 0.2) is 0 Å². The van der Waals surface area contributed by atoms with Gasteiger partial charge in [0.2, 0.25) is 5.91 Å². The molecule has 18 heavy (non-hydrogen) atoms. The van der Waals surface area contributed by atoms with Gasteiger partial charge < -0.3 is 9.80 Å². The van der Waals surface area contributed by atoms with Crippen LogP contribution < -0.4 is 0 Å². The van der Waals surface area contributed by atoms with E-state index < -0.39 is 0 Å². The van der Waals surface area contributed by atoms with E-state index in [0.717, 1.165) is 19.5 Å². The predicted molar refractivity (Wildman–Crippen MR) is 77.9 cm³/mol. The van der Waals surface area contributed by atoms with Crippen LogP contribution in [0.25, 0.3) is 0 Å². The van der Waals surface area contributed by atoms with Gasteiger partial charge in [0.15, 0.2) is 0 Å². The summed E-state index contributed by atoms with van der Waals surface area (Å²) in [4.78, 5) is 16.9. The Morgan fingerprint density at radius 3 is 2.67 bits per heavy atom. The van der Waals surface area contributed by atoms with Gasteiger partial charge in [0.1, 0.15) is 0 Å². The molecule has 1 amide bonds. The van der Waals surface area contributed by atoms with Crippen LogP contribution in [0.3, 0.4) is 0 Å². The largest absolute Gasteiger partial charge is 0.341 e. The van der Waals surface area contributed by atoms with Gasteiger partial charge in [-0.05, 0) is 44.7 Å². The zero-order chi connectivity index (χ0) is 13.3. The van der Waals surface area contributed by atoms with Gasteiger partial charge in [-0.25, -0.2) is 0 Å². The van der Waals surface area contributed by atoms with E-state index in [1.165, 1.54) is 19.4 Å². The number of carbonyl (C=O) groups excluding carboxylic acids is 1. The Bertz CT molecular complexity index is 308. The maximum Gasteiger partial charge on any atom is 0.236 e. The van der Waals surface area contributed by atoms with E-state index in [4.69, 9.17) is 0 Å². The second-order valence-electron chi connectivity index (χ2n) is 6.17. The summed E-state index contributed by atoms with van der Waals surface area (Å²) < 4.78 is 0. The van der Waals surface area contributed by atoms with Crippen molar-refractivity contribution in [2.24, 2.45) is 11.8 Å². The van der Waals surface area contributed by atoms with Crippen molar-refractivity contribution in [3.63, 3.8) is 0 Å². The number of halogens is 1. The van der Waals surface area contributed by atoms with E-state index in [1.54, 1.807) is 0 Å². The van der Waals surface area contributed by atoms with E-state index in [0.29, 0.717) is 17.9 Å². The molecule has 3 atom stereocenters. The zero-order valence-corrected chi connectivity index (χ0v) is 13.3. The maximum absolute atomic E-state index is 12.4.